The molecule has 2 aliphatic carbocycles. The second-order valence-corrected chi connectivity index (χ2v) is 7.21. The van der Waals surface area contributed by atoms with E-state index in [2.05, 4.69) is 32.0 Å². The molecule has 0 saturated heterocycles. The monoisotopic (exact) mass is 273 g/mol. The molecule has 0 aromatic heterocycles. The number of fused-ring (bicyclic) bond motifs is 1. The van der Waals surface area contributed by atoms with E-state index in [9.17, 15) is 5.11 Å². The first-order chi connectivity index (χ1) is 9.51. The fourth-order valence-electron chi connectivity index (χ4n) is 4.68. The Bertz CT molecular complexity index is 512. The van der Waals surface area contributed by atoms with Crippen LogP contribution in [0.15, 0.2) is 18.2 Å². The van der Waals surface area contributed by atoms with Crippen LogP contribution in [-0.4, -0.2) is 11.7 Å². The van der Waals surface area contributed by atoms with Crippen LogP contribution in [0, 0.1) is 18.3 Å². The summed E-state index contributed by atoms with van der Waals surface area (Å²) in [5, 5.41) is 11.6. The van der Waals surface area contributed by atoms with Crippen LogP contribution in [0.25, 0.3) is 0 Å². The zero-order valence-corrected chi connectivity index (χ0v) is 12.8. The largest absolute Gasteiger partial charge is 0.385 e. The summed E-state index contributed by atoms with van der Waals surface area (Å²) in [7, 11) is 0. The van der Waals surface area contributed by atoms with E-state index in [1.165, 1.54) is 24.0 Å². The van der Waals surface area contributed by atoms with Gasteiger partial charge < -0.3 is 10.8 Å². The number of benzene rings is 1. The molecule has 110 valence electrons. The highest BCUT2D eigenvalue weighted by Crippen LogP contribution is 2.56. The van der Waals surface area contributed by atoms with E-state index in [1.54, 1.807) is 0 Å². The first-order valence-electron chi connectivity index (χ1n) is 8.03. The third-order valence-corrected chi connectivity index (χ3v) is 5.83. The number of aryl methyl sites for hydroxylation is 2. The van der Waals surface area contributed by atoms with E-state index in [0.29, 0.717) is 12.5 Å². The minimum absolute atomic E-state index is 0.121. The average molecular weight is 273 g/mol. The molecule has 0 radical (unpaired) electrons. The van der Waals surface area contributed by atoms with Crippen LogP contribution in [0.3, 0.4) is 0 Å². The Morgan fingerprint density at radius 2 is 2.15 bits per heavy atom. The SMILES string of the molecule is Cc1ccc2c(c1)C(O)(C1(CN)CCCC(C)C1)CC2. The van der Waals surface area contributed by atoms with Crippen molar-refractivity contribution in [1.82, 2.24) is 0 Å². The first-order valence-corrected chi connectivity index (χ1v) is 8.03. The van der Waals surface area contributed by atoms with Crippen LogP contribution in [0.2, 0.25) is 0 Å². The van der Waals surface area contributed by atoms with Gasteiger partial charge in [0.25, 0.3) is 0 Å². The molecule has 3 atom stereocenters. The van der Waals surface area contributed by atoms with Gasteiger partial charge in [0.1, 0.15) is 0 Å². The summed E-state index contributed by atoms with van der Waals surface area (Å²) in [6.07, 6.45) is 6.43. The maximum Gasteiger partial charge on any atom is 0.0970 e. The highest BCUT2D eigenvalue weighted by atomic mass is 16.3. The lowest BCUT2D eigenvalue weighted by atomic mass is 9.59. The number of hydrogen-bond acceptors (Lipinski definition) is 2. The molecule has 0 amide bonds. The molecule has 1 saturated carbocycles. The van der Waals surface area contributed by atoms with E-state index < -0.39 is 5.60 Å². The Morgan fingerprint density at radius 1 is 1.35 bits per heavy atom. The molecule has 1 aromatic carbocycles. The summed E-state index contributed by atoms with van der Waals surface area (Å²) in [6.45, 7) is 5.01. The first kappa shape index (κ1) is 14.1. The molecule has 3 unspecified atom stereocenters. The Morgan fingerprint density at radius 3 is 2.85 bits per heavy atom. The van der Waals surface area contributed by atoms with E-state index in [0.717, 1.165) is 31.2 Å². The molecule has 0 aliphatic heterocycles. The second-order valence-electron chi connectivity index (χ2n) is 7.21. The van der Waals surface area contributed by atoms with Gasteiger partial charge in [-0.15, -0.1) is 0 Å². The van der Waals surface area contributed by atoms with Crippen molar-refractivity contribution in [3.05, 3.63) is 34.9 Å². The lowest BCUT2D eigenvalue weighted by molar-refractivity contribution is -0.113. The molecule has 1 fully saturated rings. The van der Waals surface area contributed by atoms with Crippen molar-refractivity contribution >= 4 is 0 Å². The van der Waals surface area contributed by atoms with Crippen LogP contribution >= 0.6 is 0 Å². The number of nitrogens with two attached hydrogens (primary N) is 1. The molecular formula is C18H27NO. The van der Waals surface area contributed by atoms with Gasteiger partial charge in [-0.05, 0) is 49.7 Å². The lowest BCUT2D eigenvalue weighted by Crippen LogP contribution is -2.51. The van der Waals surface area contributed by atoms with Gasteiger partial charge in [-0.25, -0.2) is 0 Å². The highest BCUT2D eigenvalue weighted by molar-refractivity contribution is 5.42. The fourth-order valence-corrected chi connectivity index (χ4v) is 4.68. The minimum Gasteiger partial charge on any atom is -0.385 e. The maximum atomic E-state index is 11.6. The van der Waals surface area contributed by atoms with Crippen LogP contribution in [0.5, 0.6) is 0 Å². The van der Waals surface area contributed by atoms with Gasteiger partial charge in [0.05, 0.1) is 5.60 Å². The Kier molecular flexibility index (Phi) is 3.42. The van der Waals surface area contributed by atoms with Crippen molar-refractivity contribution in [2.45, 2.75) is 58.0 Å². The van der Waals surface area contributed by atoms with Gasteiger partial charge in [-0.1, -0.05) is 43.5 Å². The summed E-state index contributed by atoms with van der Waals surface area (Å²) < 4.78 is 0. The number of rotatable bonds is 2. The van der Waals surface area contributed by atoms with Crippen LogP contribution in [0.1, 0.15) is 55.7 Å². The van der Waals surface area contributed by atoms with Crippen molar-refractivity contribution in [2.75, 3.05) is 6.54 Å². The van der Waals surface area contributed by atoms with E-state index in [4.69, 9.17) is 5.73 Å². The smallest absolute Gasteiger partial charge is 0.0970 e. The second kappa shape index (κ2) is 4.85. The van der Waals surface area contributed by atoms with Gasteiger partial charge >= 0.3 is 0 Å². The van der Waals surface area contributed by atoms with Crippen molar-refractivity contribution < 1.29 is 5.11 Å². The molecule has 0 bridgehead atoms. The van der Waals surface area contributed by atoms with Gasteiger partial charge in [0.2, 0.25) is 0 Å². The Hall–Kier alpha value is -0.860. The average Bonchev–Trinajstić information content (AvgIpc) is 2.77. The summed E-state index contributed by atoms with van der Waals surface area (Å²) in [4.78, 5) is 0. The molecule has 2 heteroatoms. The number of aliphatic hydroxyl groups is 1. The van der Waals surface area contributed by atoms with Crippen molar-refractivity contribution in [2.24, 2.45) is 17.1 Å². The summed E-state index contributed by atoms with van der Waals surface area (Å²) in [6, 6.07) is 6.54. The quantitative estimate of drug-likeness (QED) is 0.868. The van der Waals surface area contributed by atoms with E-state index >= 15 is 0 Å². The van der Waals surface area contributed by atoms with Gasteiger partial charge in [-0.3, -0.25) is 0 Å². The van der Waals surface area contributed by atoms with Crippen molar-refractivity contribution in [1.29, 1.82) is 0 Å². The van der Waals surface area contributed by atoms with Crippen LogP contribution < -0.4 is 5.73 Å². The molecule has 3 N–H and O–H groups in total. The third-order valence-electron chi connectivity index (χ3n) is 5.83. The maximum absolute atomic E-state index is 11.6. The normalized spacial score (nSPS) is 36.9. The third kappa shape index (κ3) is 1.93. The number of hydrogen-bond donors (Lipinski definition) is 2. The molecule has 2 aliphatic rings. The topological polar surface area (TPSA) is 46.2 Å². The van der Waals surface area contributed by atoms with Gasteiger partial charge in [0, 0.05) is 12.0 Å². The van der Waals surface area contributed by atoms with Crippen molar-refractivity contribution in [3.63, 3.8) is 0 Å². The standard InChI is InChI=1S/C18H27NO/c1-13-5-6-15-7-9-18(20,16(15)10-13)17(12-19)8-3-4-14(2)11-17/h5-6,10,14,20H,3-4,7-9,11-12,19H2,1-2H3. The molecule has 1 aromatic rings. The molecule has 0 spiro atoms. The predicted octanol–water partition coefficient (Wildman–Crippen LogP) is 3.28. The van der Waals surface area contributed by atoms with E-state index in [-0.39, 0.29) is 5.41 Å². The van der Waals surface area contributed by atoms with Crippen LogP contribution in [0.4, 0.5) is 0 Å². The van der Waals surface area contributed by atoms with E-state index in [1.807, 2.05) is 0 Å². The van der Waals surface area contributed by atoms with Crippen molar-refractivity contribution in [3.8, 4) is 0 Å². The summed E-state index contributed by atoms with van der Waals surface area (Å²) in [5.41, 5.74) is 9.09. The summed E-state index contributed by atoms with van der Waals surface area (Å²) >= 11 is 0. The summed E-state index contributed by atoms with van der Waals surface area (Å²) in [5.74, 6) is 0.671. The fraction of sp³-hybridized carbons (Fsp3) is 0.667. The van der Waals surface area contributed by atoms with Gasteiger partial charge in [-0.2, -0.15) is 0 Å². The highest BCUT2D eigenvalue weighted by Gasteiger charge is 2.54. The molecular weight excluding hydrogens is 246 g/mol. The lowest BCUT2D eigenvalue weighted by Gasteiger charge is -2.49. The molecule has 0 heterocycles. The minimum atomic E-state index is -0.711. The molecule has 2 nitrogen and oxygen atoms in total. The predicted molar refractivity (Wildman–Crippen MR) is 82.5 cm³/mol. The zero-order valence-electron chi connectivity index (χ0n) is 12.8. The van der Waals surface area contributed by atoms with Crippen LogP contribution in [-0.2, 0) is 12.0 Å². The molecule has 20 heavy (non-hydrogen) atoms. The molecule has 3 rings (SSSR count). The van der Waals surface area contributed by atoms with Gasteiger partial charge in [0.15, 0.2) is 0 Å². The Labute approximate surface area is 122 Å². The Balaban J connectivity index is 2.06. The zero-order chi connectivity index (χ0) is 14.4.